The smallest absolute Gasteiger partial charge is 0.150 e. The zero-order valence-electron chi connectivity index (χ0n) is 12.8. The van der Waals surface area contributed by atoms with Crippen LogP contribution in [-0.2, 0) is 6.61 Å². The van der Waals surface area contributed by atoms with Crippen LogP contribution < -0.4 is 4.74 Å². The lowest BCUT2D eigenvalue weighted by Crippen LogP contribution is -1.99. The summed E-state index contributed by atoms with van der Waals surface area (Å²) in [5.74, 6) is 0.769. The van der Waals surface area contributed by atoms with Crippen molar-refractivity contribution in [3.8, 4) is 5.75 Å². The molecule has 112 valence electrons. The molecular weight excluding hydrogens is 274 g/mol. The molecule has 3 rings (SSSR count). The van der Waals surface area contributed by atoms with E-state index in [-0.39, 0.29) is 0 Å². The van der Waals surface area contributed by atoms with Crippen LogP contribution in [0.5, 0.6) is 5.75 Å². The molecule has 0 aliphatic carbocycles. The van der Waals surface area contributed by atoms with Crippen molar-refractivity contribution in [2.75, 3.05) is 0 Å². The Balaban J connectivity index is 1.74. The monoisotopic (exact) mass is 293 g/mol. The number of fused-ring (bicyclic) bond motifs is 1. The van der Waals surface area contributed by atoms with Crippen molar-refractivity contribution in [2.24, 2.45) is 0 Å². The third kappa shape index (κ3) is 2.89. The first-order chi connectivity index (χ1) is 10.7. The molecule has 0 N–H and O–H groups in total. The van der Waals surface area contributed by atoms with E-state index >= 15 is 0 Å². The van der Waals surface area contributed by atoms with Crippen LogP contribution >= 0.6 is 0 Å². The van der Waals surface area contributed by atoms with Gasteiger partial charge in [0.05, 0.1) is 0 Å². The van der Waals surface area contributed by atoms with Crippen LogP contribution in [0.4, 0.5) is 0 Å². The number of benzene rings is 2. The molecule has 0 radical (unpaired) electrons. The van der Waals surface area contributed by atoms with E-state index in [1.165, 1.54) is 10.9 Å². The molecule has 22 heavy (non-hydrogen) atoms. The highest BCUT2D eigenvalue weighted by atomic mass is 16.5. The van der Waals surface area contributed by atoms with E-state index in [0.717, 1.165) is 17.6 Å². The van der Waals surface area contributed by atoms with Crippen LogP contribution in [-0.4, -0.2) is 10.9 Å². The van der Waals surface area contributed by atoms with Crippen LogP contribution in [0.15, 0.2) is 54.7 Å². The van der Waals surface area contributed by atoms with Crippen LogP contribution in [0.3, 0.4) is 0 Å². The first-order valence-corrected chi connectivity index (χ1v) is 7.45. The maximum absolute atomic E-state index is 10.6. The summed E-state index contributed by atoms with van der Waals surface area (Å²) < 4.78 is 8.03. The fourth-order valence-corrected chi connectivity index (χ4v) is 2.56. The highest BCUT2D eigenvalue weighted by Crippen LogP contribution is 2.22. The summed E-state index contributed by atoms with van der Waals surface area (Å²) in [6.45, 7) is 4.88. The van der Waals surface area contributed by atoms with Crippen molar-refractivity contribution in [1.29, 1.82) is 0 Å². The van der Waals surface area contributed by atoms with Crippen molar-refractivity contribution in [1.82, 2.24) is 4.57 Å². The maximum Gasteiger partial charge on any atom is 0.150 e. The predicted octanol–water partition coefficient (Wildman–Crippen LogP) is 4.61. The lowest BCUT2D eigenvalue weighted by Gasteiger charge is -2.10. The molecule has 1 aromatic heterocycles. The Bertz CT molecular complexity index is 785. The second kappa shape index (κ2) is 6.06. The summed E-state index contributed by atoms with van der Waals surface area (Å²) in [4.78, 5) is 10.6. The number of carbonyl (C=O) groups excluding carboxylic acids is 1. The largest absolute Gasteiger partial charge is 0.489 e. The van der Waals surface area contributed by atoms with Gasteiger partial charge in [-0.2, -0.15) is 0 Å². The standard InChI is InChI=1S/C19H19NO2/c1-14(2)20-10-9-17-11-16(5-8-19(17)20)13-22-18-6-3-15(12-21)4-7-18/h3-12,14H,13H2,1-2H3. The normalized spacial score (nSPS) is 11.0. The number of rotatable bonds is 5. The lowest BCUT2D eigenvalue weighted by molar-refractivity contribution is 0.112. The molecule has 0 unspecified atom stereocenters. The van der Waals surface area contributed by atoms with Gasteiger partial charge in [-0.25, -0.2) is 0 Å². The average Bonchev–Trinajstić information content (AvgIpc) is 2.96. The molecule has 3 aromatic rings. The van der Waals surface area contributed by atoms with Crippen molar-refractivity contribution in [2.45, 2.75) is 26.5 Å². The van der Waals surface area contributed by atoms with Gasteiger partial charge in [-0.3, -0.25) is 4.79 Å². The second-order valence-electron chi connectivity index (χ2n) is 5.69. The van der Waals surface area contributed by atoms with Gasteiger partial charge < -0.3 is 9.30 Å². The average molecular weight is 293 g/mol. The number of hydrogen-bond acceptors (Lipinski definition) is 2. The van der Waals surface area contributed by atoms with Gasteiger partial charge in [0, 0.05) is 23.3 Å². The van der Waals surface area contributed by atoms with Gasteiger partial charge in [-0.05, 0) is 67.3 Å². The van der Waals surface area contributed by atoms with Crippen molar-refractivity contribution in [3.63, 3.8) is 0 Å². The topological polar surface area (TPSA) is 31.2 Å². The fourth-order valence-electron chi connectivity index (χ4n) is 2.56. The molecule has 0 aliphatic rings. The summed E-state index contributed by atoms with van der Waals surface area (Å²) >= 11 is 0. The van der Waals surface area contributed by atoms with Gasteiger partial charge in [0.25, 0.3) is 0 Å². The second-order valence-corrected chi connectivity index (χ2v) is 5.69. The Morgan fingerprint density at radius 1 is 1.09 bits per heavy atom. The highest BCUT2D eigenvalue weighted by Gasteiger charge is 2.05. The Labute approximate surface area is 130 Å². The van der Waals surface area contributed by atoms with Crippen LogP contribution in [0, 0.1) is 0 Å². The van der Waals surface area contributed by atoms with E-state index in [0.29, 0.717) is 18.2 Å². The van der Waals surface area contributed by atoms with E-state index < -0.39 is 0 Å². The molecule has 0 amide bonds. The molecule has 0 saturated carbocycles. The van der Waals surface area contributed by atoms with Gasteiger partial charge in [0.1, 0.15) is 18.6 Å². The van der Waals surface area contributed by atoms with Crippen molar-refractivity contribution >= 4 is 17.2 Å². The number of nitrogens with zero attached hydrogens (tertiary/aromatic N) is 1. The summed E-state index contributed by atoms with van der Waals surface area (Å²) in [6, 6.07) is 16.1. The van der Waals surface area contributed by atoms with Gasteiger partial charge in [-0.1, -0.05) is 6.07 Å². The Morgan fingerprint density at radius 2 is 1.86 bits per heavy atom. The van der Waals surface area contributed by atoms with Crippen LogP contribution in [0.2, 0.25) is 0 Å². The minimum absolute atomic E-state index is 0.455. The third-order valence-corrected chi connectivity index (χ3v) is 3.76. The summed E-state index contributed by atoms with van der Waals surface area (Å²) in [7, 11) is 0. The molecule has 2 aromatic carbocycles. The number of carbonyl (C=O) groups is 1. The molecule has 0 spiro atoms. The first kappa shape index (κ1) is 14.4. The minimum atomic E-state index is 0.455. The van der Waals surface area contributed by atoms with Gasteiger partial charge >= 0.3 is 0 Å². The molecule has 0 saturated heterocycles. The van der Waals surface area contributed by atoms with Gasteiger partial charge in [-0.15, -0.1) is 0 Å². The Morgan fingerprint density at radius 3 is 2.55 bits per heavy atom. The first-order valence-electron chi connectivity index (χ1n) is 7.45. The third-order valence-electron chi connectivity index (χ3n) is 3.76. The minimum Gasteiger partial charge on any atom is -0.489 e. The summed E-state index contributed by atoms with van der Waals surface area (Å²) in [5, 5.41) is 1.23. The van der Waals surface area contributed by atoms with E-state index in [1.807, 2.05) is 12.1 Å². The number of aromatic nitrogens is 1. The van der Waals surface area contributed by atoms with Gasteiger partial charge in [0.2, 0.25) is 0 Å². The molecule has 0 aliphatic heterocycles. The summed E-state index contributed by atoms with van der Waals surface area (Å²) in [5.41, 5.74) is 3.03. The molecule has 0 fully saturated rings. The lowest BCUT2D eigenvalue weighted by atomic mass is 10.1. The molecular formula is C19H19NO2. The van der Waals surface area contributed by atoms with E-state index in [2.05, 4.69) is 48.9 Å². The van der Waals surface area contributed by atoms with Crippen LogP contribution in [0.25, 0.3) is 10.9 Å². The molecule has 0 atom stereocenters. The SMILES string of the molecule is CC(C)n1ccc2cc(COc3ccc(C=O)cc3)ccc21. The zero-order valence-corrected chi connectivity index (χ0v) is 12.8. The summed E-state index contributed by atoms with van der Waals surface area (Å²) in [6.07, 6.45) is 2.95. The highest BCUT2D eigenvalue weighted by molar-refractivity contribution is 5.81. The number of aldehydes is 1. The molecule has 3 nitrogen and oxygen atoms in total. The predicted molar refractivity (Wildman–Crippen MR) is 88.5 cm³/mol. The zero-order chi connectivity index (χ0) is 15.5. The Hall–Kier alpha value is -2.55. The maximum atomic E-state index is 10.6. The van der Waals surface area contributed by atoms with Crippen molar-refractivity contribution < 1.29 is 9.53 Å². The fraction of sp³-hybridized carbons (Fsp3) is 0.211. The quantitative estimate of drug-likeness (QED) is 0.643. The van der Waals surface area contributed by atoms with Crippen LogP contribution in [0.1, 0.15) is 35.8 Å². The van der Waals surface area contributed by atoms with Crippen molar-refractivity contribution in [3.05, 3.63) is 65.9 Å². The van der Waals surface area contributed by atoms with E-state index in [1.54, 1.807) is 12.1 Å². The molecule has 1 heterocycles. The van der Waals surface area contributed by atoms with E-state index in [4.69, 9.17) is 4.74 Å². The van der Waals surface area contributed by atoms with E-state index in [9.17, 15) is 4.79 Å². The number of hydrogen-bond donors (Lipinski definition) is 0. The molecule has 3 heteroatoms. The Kier molecular flexibility index (Phi) is 3.96. The molecule has 0 bridgehead atoms. The number of ether oxygens (including phenoxy) is 1. The van der Waals surface area contributed by atoms with Gasteiger partial charge in [0.15, 0.2) is 0 Å².